The third kappa shape index (κ3) is 2.78. The number of hydrogen-bond donors (Lipinski definition) is 1. The number of sulfonamides is 1. The third-order valence-corrected chi connectivity index (χ3v) is 4.77. The first kappa shape index (κ1) is 14.4. The Balaban J connectivity index is 2.30. The van der Waals surface area contributed by atoms with Crippen molar-refractivity contribution >= 4 is 15.7 Å². The summed E-state index contributed by atoms with van der Waals surface area (Å²) >= 11 is 0. The van der Waals surface area contributed by atoms with Crippen molar-refractivity contribution in [1.82, 2.24) is 4.31 Å². The minimum Gasteiger partial charge on any atom is -0.497 e. The molecule has 2 rings (SSSR count). The number of hydrogen-bond acceptors (Lipinski definition) is 5. The van der Waals surface area contributed by atoms with Gasteiger partial charge in [0.15, 0.2) is 0 Å². The van der Waals surface area contributed by atoms with Gasteiger partial charge in [-0.2, -0.15) is 4.31 Å². The van der Waals surface area contributed by atoms with Crippen LogP contribution < -0.4 is 10.5 Å². The highest BCUT2D eigenvalue weighted by Gasteiger charge is 2.23. The molecule has 0 fully saturated rings. The number of nitrogen functional groups attached to an aromatic ring is 1. The highest BCUT2D eigenvalue weighted by molar-refractivity contribution is 7.89. The number of nitrogens with zero attached hydrogens (tertiary/aromatic N) is 1. The monoisotopic (exact) mass is 296 g/mol. The fourth-order valence-electron chi connectivity index (χ4n) is 1.78. The SMILES string of the molecule is COc1ccc(S(=O)(=O)N(C)Cc2ccoc2)c(N)c1. The van der Waals surface area contributed by atoms with E-state index in [1.807, 2.05) is 0 Å². The molecule has 2 aromatic rings. The standard InChI is InChI=1S/C13H16N2O4S/c1-15(8-10-5-6-19-9-10)20(16,17)13-4-3-11(18-2)7-12(13)14/h3-7,9H,8,14H2,1-2H3. The molecule has 1 aromatic carbocycles. The molecule has 0 amide bonds. The van der Waals surface area contributed by atoms with Crippen LogP contribution in [0.15, 0.2) is 46.1 Å². The van der Waals surface area contributed by atoms with Gasteiger partial charge in [-0.3, -0.25) is 0 Å². The van der Waals surface area contributed by atoms with E-state index in [1.165, 1.54) is 43.1 Å². The number of ether oxygens (including phenoxy) is 1. The Labute approximate surface area is 117 Å². The van der Waals surface area contributed by atoms with Crippen LogP contribution in [0.3, 0.4) is 0 Å². The molecule has 0 saturated carbocycles. The molecule has 1 aromatic heterocycles. The molecule has 6 nitrogen and oxygen atoms in total. The summed E-state index contributed by atoms with van der Waals surface area (Å²) in [6.45, 7) is 0.213. The second-order valence-electron chi connectivity index (χ2n) is 4.30. The molecule has 0 aliphatic heterocycles. The van der Waals surface area contributed by atoms with Gasteiger partial charge in [0.2, 0.25) is 10.0 Å². The summed E-state index contributed by atoms with van der Waals surface area (Å²) in [5, 5.41) is 0. The largest absolute Gasteiger partial charge is 0.497 e. The number of anilines is 1. The van der Waals surface area contributed by atoms with Gasteiger partial charge in [0.1, 0.15) is 10.6 Å². The molecule has 0 saturated heterocycles. The molecule has 0 spiro atoms. The fourth-order valence-corrected chi connectivity index (χ4v) is 3.03. The van der Waals surface area contributed by atoms with Crippen molar-refractivity contribution in [3.8, 4) is 5.75 Å². The number of furan rings is 1. The van der Waals surface area contributed by atoms with Crippen molar-refractivity contribution in [1.29, 1.82) is 0 Å². The van der Waals surface area contributed by atoms with E-state index in [2.05, 4.69) is 0 Å². The number of benzene rings is 1. The van der Waals surface area contributed by atoms with Crippen molar-refractivity contribution in [2.75, 3.05) is 19.9 Å². The van der Waals surface area contributed by atoms with Crippen LogP contribution in [0.5, 0.6) is 5.75 Å². The van der Waals surface area contributed by atoms with Crippen LogP contribution in [0.2, 0.25) is 0 Å². The predicted molar refractivity (Wildman–Crippen MR) is 74.8 cm³/mol. The molecule has 0 atom stereocenters. The van der Waals surface area contributed by atoms with Gasteiger partial charge in [-0.1, -0.05) is 0 Å². The molecule has 108 valence electrons. The zero-order valence-electron chi connectivity index (χ0n) is 11.2. The maximum Gasteiger partial charge on any atom is 0.245 e. The maximum atomic E-state index is 12.5. The lowest BCUT2D eigenvalue weighted by Crippen LogP contribution is -2.27. The summed E-state index contributed by atoms with van der Waals surface area (Å²) in [6, 6.07) is 6.20. The van der Waals surface area contributed by atoms with Gasteiger partial charge >= 0.3 is 0 Å². The topological polar surface area (TPSA) is 85.8 Å². The van der Waals surface area contributed by atoms with E-state index in [4.69, 9.17) is 14.9 Å². The van der Waals surface area contributed by atoms with E-state index in [-0.39, 0.29) is 17.1 Å². The minimum absolute atomic E-state index is 0.0595. The van der Waals surface area contributed by atoms with E-state index in [9.17, 15) is 8.42 Å². The van der Waals surface area contributed by atoms with E-state index in [0.717, 1.165) is 5.56 Å². The molecule has 0 bridgehead atoms. The second kappa shape index (κ2) is 5.56. The number of nitrogens with two attached hydrogens (primary N) is 1. The quantitative estimate of drug-likeness (QED) is 0.849. The van der Waals surface area contributed by atoms with Gasteiger partial charge in [0.05, 0.1) is 25.3 Å². The highest BCUT2D eigenvalue weighted by atomic mass is 32.2. The highest BCUT2D eigenvalue weighted by Crippen LogP contribution is 2.26. The molecule has 0 aliphatic carbocycles. The van der Waals surface area contributed by atoms with E-state index < -0.39 is 10.0 Å². The van der Waals surface area contributed by atoms with Crippen molar-refractivity contribution in [2.45, 2.75) is 11.4 Å². The fraction of sp³-hybridized carbons (Fsp3) is 0.231. The van der Waals surface area contributed by atoms with E-state index >= 15 is 0 Å². The van der Waals surface area contributed by atoms with Gasteiger partial charge in [-0.25, -0.2) is 8.42 Å². The Morgan fingerprint density at radius 2 is 2.10 bits per heavy atom. The van der Waals surface area contributed by atoms with Crippen molar-refractivity contribution in [3.05, 3.63) is 42.4 Å². The summed E-state index contributed by atoms with van der Waals surface area (Å²) in [6.07, 6.45) is 3.00. The molecule has 1 heterocycles. The predicted octanol–water partition coefficient (Wildman–Crippen LogP) is 1.69. The summed E-state index contributed by atoms with van der Waals surface area (Å²) < 4.78 is 36.1. The molecular weight excluding hydrogens is 280 g/mol. The molecule has 0 aliphatic rings. The van der Waals surface area contributed by atoms with Crippen LogP contribution in [0, 0.1) is 0 Å². The first-order valence-electron chi connectivity index (χ1n) is 5.86. The number of rotatable bonds is 5. The summed E-state index contributed by atoms with van der Waals surface area (Å²) in [4.78, 5) is 0.0595. The second-order valence-corrected chi connectivity index (χ2v) is 6.31. The van der Waals surface area contributed by atoms with Gasteiger partial charge in [0, 0.05) is 25.2 Å². The lowest BCUT2D eigenvalue weighted by Gasteiger charge is -2.18. The first-order chi connectivity index (χ1) is 9.45. The zero-order valence-corrected chi connectivity index (χ0v) is 12.1. The van der Waals surface area contributed by atoms with Gasteiger partial charge in [-0.05, 0) is 18.2 Å². The molecule has 0 radical (unpaired) electrons. The summed E-state index contributed by atoms with van der Waals surface area (Å²) in [7, 11) is -0.674. The van der Waals surface area contributed by atoms with Crippen LogP contribution >= 0.6 is 0 Å². The first-order valence-corrected chi connectivity index (χ1v) is 7.30. The maximum absolute atomic E-state index is 12.5. The van der Waals surface area contributed by atoms with Crippen LogP contribution in [0.4, 0.5) is 5.69 Å². The lowest BCUT2D eigenvalue weighted by molar-refractivity contribution is 0.414. The van der Waals surface area contributed by atoms with Crippen LogP contribution in [0.25, 0.3) is 0 Å². The Bertz CT molecular complexity index is 680. The van der Waals surface area contributed by atoms with Crippen molar-refractivity contribution in [3.63, 3.8) is 0 Å². The molecule has 7 heteroatoms. The van der Waals surface area contributed by atoms with Crippen LogP contribution in [0.1, 0.15) is 5.56 Å². The Morgan fingerprint density at radius 3 is 2.65 bits per heavy atom. The average Bonchev–Trinajstić information content (AvgIpc) is 2.91. The van der Waals surface area contributed by atoms with E-state index in [0.29, 0.717) is 5.75 Å². The van der Waals surface area contributed by atoms with Gasteiger partial charge in [-0.15, -0.1) is 0 Å². The van der Waals surface area contributed by atoms with E-state index in [1.54, 1.807) is 12.1 Å². The molecule has 20 heavy (non-hydrogen) atoms. The lowest BCUT2D eigenvalue weighted by atomic mass is 10.3. The zero-order chi connectivity index (χ0) is 14.8. The van der Waals surface area contributed by atoms with Crippen molar-refractivity contribution < 1.29 is 17.6 Å². The smallest absolute Gasteiger partial charge is 0.245 e. The molecular formula is C13H16N2O4S. The average molecular weight is 296 g/mol. The molecule has 2 N–H and O–H groups in total. The third-order valence-electron chi connectivity index (χ3n) is 2.89. The summed E-state index contributed by atoms with van der Waals surface area (Å²) in [5.74, 6) is 0.513. The Kier molecular flexibility index (Phi) is 4.01. The number of methoxy groups -OCH3 is 1. The molecule has 0 unspecified atom stereocenters. The summed E-state index contributed by atoms with van der Waals surface area (Å²) in [5.41, 5.74) is 6.71. The Morgan fingerprint density at radius 1 is 1.35 bits per heavy atom. The minimum atomic E-state index is -3.66. The normalized spacial score (nSPS) is 11.8. The van der Waals surface area contributed by atoms with Crippen LogP contribution in [-0.4, -0.2) is 26.9 Å². The van der Waals surface area contributed by atoms with Crippen molar-refractivity contribution in [2.24, 2.45) is 0 Å². The van der Waals surface area contributed by atoms with Gasteiger partial charge in [0.25, 0.3) is 0 Å². The van der Waals surface area contributed by atoms with Gasteiger partial charge < -0.3 is 14.9 Å². The Hall–Kier alpha value is -1.99. The van der Waals surface area contributed by atoms with Crippen LogP contribution in [-0.2, 0) is 16.6 Å².